The van der Waals surface area contributed by atoms with Gasteiger partial charge in [-0.3, -0.25) is 0 Å². The van der Waals surface area contributed by atoms with E-state index in [0.717, 1.165) is 6.07 Å². The summed E-state index contributed by atoms with van der Waals surface area (Å²) in [5, 5.41) is 0. The molecule has 1 aromatic rings. The molecule has 0 aromatic heterocycles. The Hall–Kier alpha value is 0.770. The van der Waals surface area contributed by atoms with Crippen LogP contribution in [0.1, 0.15) is 0 Å². The maximum atomic E-state index is 12.7. The van der Waals surface area contributed by atoms with Crippen molar-refractivity contribution in [2.75, 3.05) is 0 Å². The van der Waals surface area contributed by atoms with Crippen molar-refractivity contribution >= 4 is 54.5 Å². The highest BCUT2D eigenvalue weighted by molar-refractivity contribution is 14.1. The molecule has 60 valence electrons. The Bertz CT molecular complexity index is 275. The maximum absolute atomic E-state index is 12.7. The molecule has 0 N–H and O–H groups in total. The summed E-state index contributed by atoms with van der Waals surface area (Å²) < 4.78 is 26.5. The molecule has 0 unspecified atom stereocenters. The summed E-state index contributed by atoms with van der Waals surface area (Å²) in [4.78, 5) is 0. The highest BCUT2D eigenvalue weighted by Crippen LogP contribution is 2.31. The fraction of sp³-hybridized carbons (Fsp3) is 0. The first kappa shape index (κ1) is 9.85. The lowest BCUT2D eigenvalue weighted by Gasteiger charge is -2.01. The van der Waals surface area contributed by atoms with E-state index in [0.29, 0.717) is 3.57 Å². The van der Waals surface area contributed by atoms with Crippen molar-refractivity contribution in [2.24, 2.45) is 0 Å². The van der Waals surface area contributed by atoms with Gasteiger partial charge in [-0.1, -0.05) is 0 Å². The molecule has 0 spiro atoms. The van der Waals surface area contributed by atoms with Crippen LogP contribution in [0.2, 0.25) is 0 Å². The van der Waals surface area contributed by atoms with Crippen molar-refractivity contribution in [3.63, 3.8) is 0 Å². The second-order valence-electron chi connectivity index (χ2n) is 1.78. The predicted octanol–water partition coefficient (Wildman–Crippen LogP) is 4.09. The van der Waals surface area contributed by atoms with Gasteiger partial charge in [0, 0.05) is 9.64 Å². The van der Waals surface area contributed by atoms with E-state index in [1.807, 2.05) is 22.6 Å². The number of rotatable bonds is 0. The van der Waals surface area contributed by atoms with E-state index < -0.39 is 11.6 Å². The Labute approximate surface area is 92.8 Å². The molecule has 0 saturated carbocycles. The monoisotopic (exact) mass is 396 g/mol. The molecule has 1 rings (SSSR count). The average molecular weight is 398 g/mol. The van der Waals surface area contributed by atoms with E-state index in [9.17, 15) is 8.78 Å². The molecule has 0 radical (unpaired) electrons. The van der Waals surface area contributed by atoms with Crippen LogP contribution in [-0.4, -0.2) is 0 Å². The van der Waals surface area contributed by atoms with E-state index in [-0.39, 0.29) is 8.95 Å². The van der Waals surface area contributed by atoms with Gasteiger partial charge in [0.25, 0.3) is 0 Å². The highest BCUT2D eigenvalue weighted by atomic mass is 127. The number of benzene rings is 1. The van der Waals surface area contributed by atoms with Crippen molar-refractivity contribution < 1.29 is 8.78 Å². The molecule has 0 aliphatic carbocycles. The van der Waals surface area contributed by atoms with Gasteiger partial charge in [-0.15, -0.1) is 0 Å². The van der Waals surface area contributed by atoms with Gasteiger partial charge in [0.15, 0.2) is 0 Å². The van der Waals surface area contributed by atoms with Crippen molar-refractivity contribution in [3.05, 3.63) is 30.2 Å². The summed E-state index contributed by atoms with van der Waals surface area (Å²) in [6, 6.07) is 0.830. The summed E-state index contributed by atoms with van der Waals surface area (Å²) >= 11 is 7.82. The standard InChI is InChI=1S/C6HBr2F2I/c7-4-2(9)1-3(10)5(8)6(4)11/h1H. The van der Waals surface area contributed by atoms with Gasteiger partial charge in [0.05, 0.1) is 8.95 Å². The van der Waals surface area contributed by atoms with Crippen LogP contribution < -0.4 is 0 Å². The third kappa shape index (κ3) is 1.92. The molecular weight excluding hydrogens is 397 g/mol. The van der Waals surface area contributed by atoms with E-state index in [1.165, 1.54) is 0 Å². The quantitative estimate of drug-likeness (QED) is 0.351. The first-order valence-electron chi connectivity index (χ1n) is 2.52. The third-order valence-electron chi connectivity index (χ3n) is 1.06. The zero-order chi connectivity index (χ0) is 8.59. The predicted molar refractivity (Wildman–Crippen MR) is 54.5 cm³/mol. The van der Waals surface area contributed by atoms with Gasteiger partial charge in [-0.25, -0.2) is 8.78 Å². The molecule has 0 aliphatic rings. The lowest BCUT2D eigenvalue weighted by atomic mass is 10.3. The van der Waals surface area contributed by atoms with Crippen LogP contribution in [-0.2, 0) is 0 Å². The molecule has 0 bridgehead atoms. The fourth-order valence-electron chi connectivity index (χ4n) is 0.544. The Balaban J connectivity index is 3.46. The van der Waals surface area contributed by atoms with Crippen LogP contribution >= 0.6 is 54.5 Å². The molecule has 0 saturated heterocycles. The molecule has 0 heterocycles. The second-order valence-corrected chi connectivity index (χ2v) is 4.45. The van der Waals surface area contributed by atoms with Crippen LogP contribution in [0, 0.1) is 15.2 Å². The number of hydrogen-bond donors (Lipinski definition) is 0. The summed E-state index contributed by atoms with van der Waals surface area (Å²) in [5.74, 6) is -1.18. The van der Waals surface area contributed by atoms with Gasteiger partial charge < -0.3 is 0 Å². The minimum atomic E-state index is -0.588. The van der Waals surface area contributed by atoms with E-state index in [1.54, 1.807) is 0 Å². The van der Waals surface area contributed by atoms with Crippen LogP contribution in [0.5, 0.6) is 0 Å². The van der Waals surface area contributed by atoms with Gasteiger partial charge in [-0.05, 0) is 54.5 Å². The van der Waals surface area contributed by atoms with Crippen LogP contribution in [0.4, 0.5) is 8.78 Å². The maximum Gasteiger partial charge on any atom is 0.141 e. The molecule has 1 aromatic carbocycles. The normalized spacial score (nSPS) is 10.3. The Morgan fingerprint density at radius 2 is 1.45 bits per heavy atom. The Morgan fingerprint density at radius 3 is 1.82 bits per heavy atom. The summed E-state index contributed by atoms with van der Waals surface area (Å²) in [7, 11) is 0. The van der Waals surface area contributed by atoms with Gasteiger partial charge >= 0.3 is 0 Å². The molecule has 0 fully saturated rings. The second kappa shape index (κ2) is 3.66. The zero-order valence-corrected chi connectivity index (χ0v) is 10.3. The Morgan fingerprint density at radius 1 is 1.09 bits per heavy atom. The molecular formula is C6HBr2F2I. The van der Waals surface area contributed by atoms with Crippen LogP contribution in [0.15, 0.2) is 15.0 Å². The van der Waals surface area contributed by atoms with Crippen molar-refractivity contribution in [3.8, 4) is 0 Å². The SMILES string of the molecule is Fc1cc(F)c(Br)c(I)c1Br. The summed E-state index contributed by atoms with van der Waals surface area (Å²) in [6.45, 7) is 0. The van der Waals surface area contributed by atoms with Gasteiger partial charge in [-0.2, -0.15) is 0 Å². The smallest absolute Gasteiger partial charge is 0.141 e. The largest absolute Gasteiger partial charge is 0.206 e. The van der Waals surface area contributed by atoms with Gasteiger partial charge in [0.1, 0.15) is 11.6 Å². The average Bonchev–Trinajstić information content (AvgIpc) is 1.97. The van der Waals surface area contributed by atoms with Crippen molar-refractivity contribution in [2.45, 2.75) is 0 Å². The number of hydrogen-bond acceptors (Lipinski definition) is 0. The first-order chi connectivity index (χ1) is 5.04. The minimum Gasteiger partial charge on any atom is -0.206 e. The minimum absolute atomic E-state index is 0.284. The molecule has 5 heteroatoms. The van der Waals surface area contributed by atoms with E-state index in [4.69, 9.17) is 0 Å². The lowest BCUT2D eigenvalue weighted by molar-refractivity contribution is 0.572. The van der Waals surface area contributed by atoms with Crippen molar-refractivity contribution in [1.82, 2.24) is 0 Å². The summed E-state index contributed by atoms with van der Waals surface area (Å²) in [5.41, 5.74) is 0. The first-order valence-corrected chi connectivity index (χ1v) is 5.19. The fourth-order valence-corrected chi connectivity index (χ4v) is 1.95. The van der Waals surface area contributed by atoms with Crippen LogP contribution in [0.25, 0.3) is 0 Å². The Kier molecular flexibility index (Phi) is 3.27. The number of halogens is 5. The lowest BCUT2D eigenvalue weighted by Crippen LogP contribution is -1.88. The molecule has 0 aliphatic heterocycles. The van der Waals surface area contributed by atoms with Crippen molar-refractivity contribution in [1.29, 1.82) is 0 Å². The van der Waals surface area contributed by atoms with Crippen LogP contribution in [0.3, 0.4) is 0 Å². The molecule has 0 atom stereocenters. The van der Waals surface area contributed by atoms with Gasteiger partial charge in [0.2, 0.25) is 0 Å². The van der Waals surface area contributed by atoms with E-state index in [2.05, 4.69) is 31.9 Å². The third-order valence-corrected chi connectivity index (χ3v) is 5.17. The molecule has 11 heavy (non-hydrogen) atoms. The van der Waals surface area contributed by atoms with E-state index >= 15 is 0 Å². The molecule has 0 nitrogen and oxygen atoms in total. The summed E-state index contributed by atoms with van der Waals surface area (Å²) in [6.07, 6.45) is 0. The zero-order valence-electron chi connectivity index (χ0n) is 4.97. The topological polar surface area (TPSA) is 0 Å². The molecule has 0 amide bonds. The highest BCUT2D eigenvalue weighted by Gasteiger charge is 2.11.